The molecule has 0 radical (unpaired) electrons. The van der Waals surface area contributed by atoms with Crippen molar-refractivity contribution in [2.75, 3.05) is 4.72 Å². The monoisotopic (exact) mass is 648 g/mol. The van der Waals surface area contributed by atoms with E-state index in [4.69, 9.17) is 0 Å². The van der Waals surface area contributed by atoms with Gasteiger partial charge in [-0.05, 0) is 37.3 Å². The predicted molar refractivity (Wildman–Crippen MR) is 116 cm³/mol. The number of nitrogens with zero attached hydrogens (tertiary/aromatic N) is 1. The van der Waals surface area contributed by atoms with Gasteiger partial charge < -0.3 is 13.7 Å². The summed E-state index contributed by atoms with van der Waals surface area (Å²) in [5.74, 6) is 0. The van der Waals surface area contributed by atoms with Crippen LogP contribution < -0.4 is 93.4 Å². The number of fused-ring (bicyclic) bond motifs is 1. The van der Waals surface area contributed by atoms with Gasteiger partial charge in [0.15, 0.2) is 0 Å². The van der Waals surface area contributed by atoms with Gasteiger partial charge in [-0.2, -0.15) is 0 Å². The fourth-order valence-electron chi connectivity index (χ4n) is 3.20. The van der Waals surface area contributed by atoms with Crippen LogP contribution in [0.1, 0.15) is 5.56 Å². The molecular weight excluding hydrogens is 637 g/mol. The van der Waals surface area contributed by atoms with Gasteiger partial charge in [-0.3, -0.25) is 14.8 Å². The number of benzene rings is 3. The number of hydrogen-bond donors (Lipinski definition) is 1. The Hall–Kier alpha value is -0.200. The van der Waals surface area contributed by atoms with Gasteiger partial charge >= 0.3 is 88.7 Å². The van der Waals surface area contributed by atoms with E-state index in [1.54, 1.807) is 0 Å². The molecule has 0 heterocycles. The van der Waals surface area contributed by atoms with Gasteiger partial charge in [0.05, 0.1) is 30.2 Å². The molecule has 0 saturated carbocycles. The second-order valence-electron chi connectivity index (χ2n) is 7.13. The second-order valence-corrected chi connectivity index (χ2v) is 12.9. The topological polar surface area (TPSA) is 261 Å². The number of sulfonamides is 1. The second kappa shape index (κ2) is 13.4. The molecule has 3 rings (SSSR count). The molecule has 3 aromatic carbocycles. The summed E-state index contributed by atoms with van der Waals surface area (Å²) >= 11 is 0. The van der Waals surface area contributed by atoms with Gasteiger partial charge in [-0.1, -0.05) is 6.07 Å². The number of nitro benzene ring substituents is 1. The van der Waals surface area contributed by atoms with Crippen LogP contribution in [0.2, 0.25) is 0 Å². The van der Waals surface area contributed by atoms with Crippen molar-refractivity contribution in [1.29, 1.82) is 0 Å². The maximum atomic E-state index is 12.9. The van der Waals surface area contributed by atoms with Crippen LogP contribution in [0, 0.1) is 17.0 Å². The first-order valence-corrected chi connectivity index (χ1v) is 14.7. The Labute approximate surface area is 289 Å². The standard InChI is InChI=1S/C17H14N2O13S4.3Na/c1-9-2-3-10(7-14(9)19(20)21)33(22,23)18-13-4-5-15(35(27,28)29)12-6-11(34(24,25)26)8-16(17(12)13)36(30,31)32;;;/h2-8,18H,1H3,(H,24,25,26)(H,27,28,29)(H,30,31,32);;;/q;3*+1/p-3. The molecule has 0 saturated heterocycles. The zero-order valence-corrected chi connectivity index (χ0v) is 29.7. The molecule has 0 aromatic heterocycles. The van der Waals surface area contributed by atoms with Crippen molar-refractivity contribution < 1.29 is 141 Å². The van der Waals surface area contributed by atoms with Gasteiger partial charge in [0, 0.05) is 22.4 Å². The minimum absolute atomic E-state index is 0. The fourth-order valence-corrected chi connectivity index (χ4v) is 6.29. The van der Waals surface area contributed by atoms with Gasteiger partial charge in [0.25, 0.3) is 15.7 Å². The molecule has 0 unspecified atom stereocenters. The molecule has 39 heavy (non-hydrogen) atoms. The van der Waals surface area contributed by atoms with Crippen molar-refractivity contribution >= 4 is 62.5 Å². The number of nitrogens with one attached hydrogen (secondary N) is 1. The summed E-state index contributed by atoms with van der Waals surface area (Å²) in [7, 11) is -21.5. The van der Waals surface area contributed by atoms with Gasteiger partial charge in [-0.15, -0.1) is 0 Å². The van der Waals surface area contributed by atoms with Gasteiger partial charge in [0.2, 0.25) is 0 Å². The van der Waals surface area contributed by atoms with E-state index in [1.165, 1.54) is 6.92 Å². The number of aryl methyl sites for hydroxylation is 1. The minimum atomic E-state index is -5.72. The molecular formula is C17H11N2Na3O13S4. The molecule has 3 aromatic rings. The normalized spacial score (nSPS) is 12.0. The van der Waals surface area contributed by atoms with E-state index in [-0.39, 0.29) is 100 Å². The average Bonchev–Trinajstić information content (AvgIpc) is 2.70. The van der Waals surface area contributed by atoms with Crippen molar-refractivity contribution in [3.05, 3.63) is 58.1 Å². The maximum Gasteiger partial charge on any atom is 1.00 e. The SMILES string of the molecule is Cc1ccc(S(=O)(=O)Nc2ccc(S(=O)(=O)[O-])c3cc(S(=O)(=O)[O-])cc(S(=O)(=O)[O-])c23)cc1[N+](=O)[O-].[Na+].[Na+].[Na+]. The largest absolute Gasteiger partial charge is 1.00 e. The van der Waals surface area contributed by atoms with E-state index >= 15 is 0 Å². The summed E-state index contributed by atoms with van der Waals surface area (Å²) < 4.78 is 133. The Morgan fingerprint density at radius 1 is 0.692 bits per heavy atom. The summed E-state index contributed by atoms with van der Waals surface area (Å²) in [6.07, 6.45) is 0. The van der Waals surface area contributed by atoms with E-state index in [2.05, 4.69) is 0 Å². The van der Waals surface area contributed by atoms with E-state index in [0.717, 1.165) is 12.1 Å². The molecule has 1 N–H and O–H groups in total. The Bertz CT molecular complexity index is 1900. The zero-order chi connectivity index (χ0) is 27.4. The molecule has 0 bridgehead atoms. The molecule has 0 amide bonds. The number of rotatable bonds is 7. The average molecular weight is 649 g/mol. The molecule has 0 aliphatic heterocycles. The van der Waals surface area contributed by atoms with E-state index < -0.39 is 87.0 Å². The van der Waals surface area contributed by atoms with Crippen LogP contribution in [0.5, 0.6) is 0 Å². The summed E-state index contributed by atoms with van der Waals surface area (Å²) in [5.41, 5.74) is -1.31. The van der Waals surface area contributed by atoms with Crippen molar-refractivity contribution in [3.63, 3.8) is 0 Å². The van der Waals surface area contributed by atoms with Crippen LogP contribution in [-0.4, -0.2) is 52.3 Å². The summed E-state index contributed by atoms with van der Waals surface area (Å²) in [6, 6.07) is 4.20. The van der Waals surface area contributed by atoms with Crippen molar-refractivity contribution in [3.8, 4) is 0 Å². The molecule has 0 atom stereocenters. The summed E-state index contributed by atoms with van der Waals surface area (Å²) in [5, 5.41) is 9.08. The van der Waals surface area contributed by atoms with Crippen molar-refractivity contribution in [2.45, 2.75) is 26.5 Å². The first kappa shape index (κ1) is 38.8. The van der Waals surface area contributed by atoms with E-state index in [1.807, 2.05) is 4.72 Å². The molecule has 0 aliphatic carbocycles. The third kappa shape index (κ3) is 8.66. The molecule has 22 heteroatoms. The minimum Gasteiger partial charge on any atom is -0.744 e. The number of nitro groups is 1. The fraction of sp³-hybridized carbons (Fsp3) is 0.0588. The van der Waals surface area contributed by atoms with E-state index in [0.29, 0.717) is 24.3 Å². The quantitative estimate of drug-likeness (QED) is 0.108. The van der Waals surface area contributed by atoms with Crippen LogP contribution in [0.4, 0.5) is 11.4 Å². The van der Waals surface area contributed by atoms with Gasteiger partial charge in [-0.25, -0.2) is 33.7 Å². The van der Waals surface area contributed by atoms with Crippen LogP contribution in [-0.2, 0) is 40.4 Å². The van der Waals surface area contributed by atoms with Crippen LogP contribution >= 0.6 is 0 Å². The predicted octanol–water partition coefficient (Wildman–Crippen LogP) is -8.42. The molecule has 0 spiro atoms. The zero-order valence-electron chi connectivity index (χ0n) is 20.4. The van der Waals surface area contributed by atoms with Crippen LogP contribution in [0.15, 0.2) is 62.0 Å². The Morgan fingerprint density at radius 2 is 1.23 bits per heavy atom. The molecule has 0 fully saturated rings. The molecule has 0 aliphatic rings. The van der Waals surface area contributed by atoms with E-state index in [9.17, 15) is 57.4 Å². The van der Waals surface area contributed by atoms with Gasteiger partial charge in [0.1, 0.15) is 30.4 Å². The smallest absolute Gasteiger partial charge is 0.744 e. The maximum absolute atomic E-state index is 12.9. The Morgan fingerprint density at radius 3 is 1.69 bits per heavy atom. The van der Waals surface area contributed by atoms with Crippen molar-refractivity contribution in [2.24, 2.45) is 0 Å². The summed E-state index contributed by atoms with van der Waals surface area (Å²) in [4.78, 5) is 5.43. The first-order valence-electron chi connectivity index (χ1n) is 9.00. The summed E-state index contributed by atoms with van der Waals surface area (Å²) in [6.45, 7) is 1.32. The molecule has 15 nitrogen and oxygen atoms in total. The molecule has 194 valence electrons. The number of anilines is 1. The van der Waals surface area contributed by atoms with Crippen molar-refractivity contribution in [1.82, 2.24) is 0 Å². The Kier molecular flexibility index (Phi) is 13.3. The third-order valence-corrected chi connectivity index (χ3v) is 8.70. The first-order chi connectivity index (χ1) is 16.2. The Balaban J connectivity index is 0.00000481. The number of hydrogen-bond acceptors (Lipinski definition) is 13. The third-order valence-electron chi connectivity index (χ3n) is 4.77. The van der Waals surface area contributed by atoms with Crippen LogP contribution in [0.3, 0.4) is 0 Å². The van der Waals surface area contributed by atoms with Crippen LogP contribution in [0.25, 0.3) is 10.8 Å².